The van der Waals surface area contributed by atoms with Gasteiger partial charge >= 0.3 is 0 Å². The normalized spacial score (nSPS) is 16.8. The van der Waals surface area contributed by atoms with Crippen LogP contribution in [0.25, 0.3) is 0 Å². The number of nitrogens with zero attached hydrogens (tertiary/aromatic N) is 1. The molecule has 126 valence electrons. The zero-order valence-corrected chi connectivity index (χ0v) is 13.7. The van der Waals surface area contributed by atoms with E-state index in [1.54, 1.807) is 24.3 Å². The van der Waals surface area contributed by atoms with Gasteiger partial charge in [0.15, 0.2) is 0 Å². The Morgan fingerprint density at radius 3 is 2.78 bits per heavy atom. The van der Waals surface area contributed by atoms with Gasteiger partial charge in [0.25, 0.3) is 10.0 Å². The summed E-state index contributed by atoms with van der Waals surface area (Å²) in [5.41, 5.74) is 5.92. The quantitative estimate of drug-likeness (QED) is 0.594. The molecule has 2 rings (SSSR count). The fourth-order valence-electron chi connectivity index (χ4n) is 2.32. The average Bonchev–Trinajstić information content (AvgIpc) is 2.80. The molecule has 1 aromatic carbocycles. The monoisotopic (exact) mass is 338 g/mol. The van der Waals surface area contributed by atoms with E-state index >= 15 is 0 Å². The first-order valence-electron chi connectivity index (χ1n) is 7.68. The largest absolute Gasteiger partial charge is 0.355 e. The number of fused-ring (bicyclic) bond motifs is 1. The number of rotatable bonds is 8. The van der Waals surface area contributed by atoms with E-state index < -0.39 is 10.0 Å². The van der Waals surface area contributed by atoms with Gasteiger partial charge in [0.2, 0.25) is 5.91 Å². The van der Waals surface area contributed by atoms with Crippen LogP contribution in [0.5, 0.6) is 0 Å². The number of unbranched alkanes of at least 4 members (excludes halogenated alkanes) is 2. The molecule has 1 aliphatic rings. The van der Waals surface area contributed by atoms with Crippen molar-refractivity contribution in [2.45, 2.75) is 30.6 Å². The summed E-state index contributed by atoms with van der Waals surface area (Å²) in [5, 5.41) is 2.72. The number of sulfonamides is 1. The maximum atomic E-state index is 11.9. The summed E-state index contributed by atoms with van der Waals surface area (Å²) < 4.78 is 26.3. The van der Waals surface area contributed by atoms with E-state index in [4.69, 9.17) is 5.73 Å². The van der Waals surface area contributed by atoms with E-state index in [2.05, 4.69) is 15.0 Å². The first-order chi connectivity index (χ1) is 11.0. The lowest BCUT2D eigenvalue weighted by molar-refractivity contribution is -0.121. The number of benzene rings is 1. The Balaban J connectivity index is 1.76. The first kappa shape index (κ1) is 17.4. The highest BCUT2D eigenvalue weighted by atomic mass is 32.2. The van der Waals surface area contributed by atoms with Crippen molar-refractivity contribution in [2.75, 3.05) is 19.6 Å². The van der Waals surface area contributed by atoms with Gasteiger partial charge in [-0.2, -0.15) is 0 Å². The summed E-state index contributed by atoms with van der Waals surface area (Å²) in [6.07, 6.45) is 2.92. The molecule has 0 saturated heterocycles. The summed E-state index contributed by atoms with van der Waals surface area (Å²) in [7, 11) is -3.47. The molecule has 0 spiro atoms. The Morgan fingerprint density at radius 1 is 1.22 bits per heavy atom. The van der Waals surface area contributed by atoms with Crippen LogP contribution in [-0.4, -0.2) is 39.8 Å². The molecule has 0 unspecified atom stereocenters. The van der Waals surface area contributed by atoms with Gasteiger partial charge in [0, 0.05) is 31.6 Å². The molecule has 1 amide bonds. The van der Waals surface area contributed by atoms with Gasteiger partial charge < -0.3 is 11.1 Å². The van der Waals surface area contributed by atoms with Crippen molar-refractivity contribution in [3.05, 3.63) is 29.8 Å². The maximum Gasteiger partial charge on any atom is 0.263 e. The summed E-state index contributed by atoms with van der Waals surface area (Å²) in [6.45, 7) is 1.48. The lowest BCUT2D eigenvalue weighted by Crippen LogP contribution is -2.28. The van der Waals surface area contributed by atoms with Crippen LogP contribution in [0.15, 0.2) is 34.2 Å². The molecule has 0 aromatic heterocycles. The fraction of sp³-hybridized carbons (Fsp3) is 0.467. The Labute approximate surface area is 136 Å². The van der Waals surface area contributed by atoms with Gasteiger partial charge in [-0.25, -0.2) is 8.42 Å². The maximum absolute atomic E-state index is 11.9. The highest BCUT2D eigenvalue weighted by molar-refractivity contribution is 7.90. The molecule has 1 heterocycles. The molecule has 0 bridgehead atoms. The third kappa shape index (κ3) is 4.77. The lowest BCUT2D eigenvalue weighted by Gasteiger charge is -2.03. The van der Waals surface area contributed by atoms with E-state index in [0.29, 0.717) is 37.5 Å². The molecular formula is C15H22N4O3S. The molecule has 0 saturated carbocycles. The molecule has 0 atom stereocenters. The molecule has 1 aromatic rings. The van der Waals surface area contributed by atoms with Crippen molar-refractivity contribution in [1.29, 1.82) is 0 Å². The van der Waals surface area contributed by atoms with Crippen LogP contribution in [0.3, 0.4) is 0 Å². The van der Waals surface area contributed by atoms with E-state index in [0.717, 1.165) is 19.3 Å². The molecule has 0 aliphatic carbocycles. The SMILES string of the molecule is NCCNC(=O)CCCCCN=C1NS(=O)(=O)c2ccccc21. The van der Waals surface area contributed by atoms with Crippen LogP contribution >= 0.6 is 0 Å². The Morgan fingerprint density at radius 2 is 2.00 bits per heavy atom. The van der Waals surface area contributed by atoms with Crippen LogP contribution in [0.4, 0.5) is 0 Å². The molecule has 23 heavy (non-hydrogen) atoms. The molecule has 7 nitrogen and oxygen atoms in total. The number of hydrogen-bond donors (Lipinski definition) is 3. The highest BCUT2D eigenvalue weighted by Gasteiger charge is 2.29. The predicted octanol–water partition coefficient (Wildman–Crippen LogP) is 0.360. The van der Waals surface area contributed by atoms with E-state index in [1.807, 2.05) is 0 Å². The van der Waals surface area contributed by atoms with Gasteiger partial charge in [-0.3, -0.25) is 14.5 Å². The van der Waals surface area contributed by atoms with Crippen LogP contribution in [0, 0.1) is 0 Å². The zero-order valence-electron chi connectivity index (χ0n) is 12.9. The summed E-state index contributed by atoms with van der Waals surface area (Å²) >= 11 is 0. The Bertz CT molecular complexity index is 686. The molecule has 4 N–H and O–H groups in total. The van der Waals surface area contributed by atoms with Crippen molar-refractivity contribution in [3.63, 3.8) is 0 Å². The van der Waals surface area contributed by atoms with Crippen LogP contribution in [0.1, 0.15) is 31.2 Å². The topological polar surface area (TPSA) is 114 Å². The summed E-state index contributed by atoms with van der Waals surface area (Å²) in [5.74, 6) is 0.417. The minimum Gasteiger partial charge on any atom is -0.355 e. The number of carbonyl (C=O) groups excluding carboxylic acids is 1. The lowest BCUT2D eigenvalue weighted by atomic mass is 10.2. The van der Waals surface area contributed by atoms with Crippen molar-refractivity contribution in [3.8, 4) is 0 Å². The minimum absolute atomic E-state index is 0.0132. The Hall–Kier alpha value is -1.93. The second kappa shape index (κ2) is 8.07. The van der Waals surface area contributed by atoms with Crippen molar-refractivity contribution >= 4 is 21.8 Å². The highest BCUT2D eigenvalue weighted by Crippen LogP contribution is 2.22. The standard InChI is InChI=1S/C15H22N4O3S/c16-9-11-17-14(20)8-2-1-5-10-18-15-12-6-3-4-7-13(12)23(21,22)19-15/h3-4,6-7H,1-2,5,8-11,16H2,(H,17,20)(H,18,19). The second-order valence-corrected chi connectivity index (χ2v) is 6.93. The van der Waals surface area contributed by atoms with Gasteiger partial charge in [-0.15, -0.1) is 0 Å². The van der Waals surface area contributed by atoms with Gasteiger partial charge in [0.1, 0.15) is 5.84 Å². The second-order valence-electron chi connectivity index (χ2n) is 5.28. The predicted molar refractivity (Wildman–Crippen MR) is 88.7 cm³/mol. The number of aliphatic imine (C=N–C) groups is 1. The molecule has 0 radical (unpaired) electrons. The summed E-state index contributed by atoms with van der Waals surface area (Å²) in [6, 6.07) is 6.79. The molecule has 1 aliphatic heterocycles. The zero-order chi connectivity index (χ0) is 16.7. The smallest absolute Gasteiger partial charge is 0.263 e. The fourth-order valence-corrected chi connectivity index (χ4v) is 3.57. The molecule has 0 fully saturated rings. The first-order valence-corrected chi connectivity index (χ1v) is 9.16. The van der Waals surface area contributed by atoms with E-state index in [1.165, 1.54) is 0 Å². The third-order valence-electron chi connectivity index (χ3n) is 3.46. The van der Waals surface area contributed by atoms with Crippen molar-refractivity contribution in [1.82, 2.24) is 10.0 Å². The summed E-state index contributed by atoms with van der Waals surface area (Å²) in [4.78, 5) is 16.0. The van der Waals surface area contributed by atoms with Gasteiger partial charge in [0.05, 0.1) is 4.90 Å². The van der Waals surface area contributed by atoms with Crippen molar-refractivity contribution < 1.29 is 13.2 Å². The average molecular weight is 338 g/mol. The van der Waals surface area contributed by atoms with Crippen LogP contribution < -0.4 is 15.8 Å². The molecular weight excluding hydrogens is 316 g/mol. The van der Waals surface area contributed by atoms with E-state index in [-0.39, 0.29) is 10.8 Å². The molecule has 8 heteroatoms. The number of hydrogen-bond acceptors (Lipinski definition) is 5. The van der Waals surface area contributed by atoms with Gasteiger partial charge in [-0.05, 0) is 25.0 Å². The number of amides is 1. The number of nitrogens with two attached hydrogens (primary N) is 1. The Kier molecular flexibility index (Phi) is 6.12. The van der Waals surface area contributed by atoms with Crippen molar-refractivity contribution in [2.24, 2.45) is 10.7 Å². The number of carbonyl (C=O) groups is 1. The third-order valence-corrected chi connectivity index (χ3v) is 4.86. The van der Waals surface area contributed by atoms with E-state index in [9.17, 15) is 13.2 Å². The van der Waals surface area contributed by atoms with Gasteiger partial charge in [-0.1, -0.05) is 18.6 Å². The van der Waals surface area contributed by atoms with Crippen LogP contribution in [-0.2, 0) is 14.8 Å². The minimum atomic E-state index is -3.47. The number of nitrogens with one attached hydrogen (secondary N) is 2. The van der Waals surface area contributed by atoms with Crippen LogP contribution in [0.2, 0.25) is 0 Å². The number of amidine groups is 1.